The van der Waals surface area contributed by atoms with Crippen molar-refractivity contribution >= 4 is 18.1 Å². The predicted molar refractivity (Wildman–Crippen MR) is 54.4 cm³/mol. The first-order valence-corrected chi connectivity index (χ1v) is 3.77. The fraction of sp³-hybridized carbons (Fsp3) is 0.250. The second-order valence-corrected chi connectivity index (χ2v) is 2.60. The molecule has 0 aliphatic rings. The molecule has 1 rings (SSSR count). The Balaban J connectivity index is 0.00000169. The lowest BCUT2D eigenvalue weighted by Gasteiger charge is -2.06. The molecule has 6 heteroatoms. The van der Waals surface area contributed by atoms with Crippen LogP contribution in [0.3, 0.4) is 0 Å². The Morgan fingerprint density at radius 3 is 2.29 bits per heavy atom. The van der Waals surface area contributed by atoms with Gasteiger partial charge >= 0.3 is 0 Å². The number of hydrogen-bond donors (Lipinski definition) is 2. The van der Waals surface area contributed by atoms with Gasteiger partial charge in [-0.1, -0.05) is 0 Å². The molecule has 0 bridgehead atoms. The van der Waals surface area contributed by atoms with E-state index < -0.39 is 11.0 Å². The summed E-state index contributed by atoms with van der Waals surface area (Å²) in [6.07, 6.45) is -0.749. The van der Waals surface area contributed by atoms with Crippen molar-refractivity contribution in [3.63, 3.8) is 0 Å². The molecule has 5 nitrogen and oxygen atoms in total. The van der Waals surface area contributed by atoms with E-state index in [-0.39, 0.29) is 24.6 Å². The highest BCUT2D eigenvalue weighted by atomic mass is 35.5. The van der Waals surface area contributed by atoms with E-state index >= 15 is 0 Å². The molecule has 0 saturated heterocycles. The molecule has 14 heavy (non-hydrogen) atoms. The highest BCUT2D eigenvalue weighted by molar-refractivity contribution is 5.85. The van der Waals surface area contributed by atoms with Gasteiger partial charge in [-0.2, -0.15) is 0 Å². The minimum absolute atomic E-state index is 0. The standard InChI is InChI=1S/C8H10N2O3.ClH/c9-5-8(11)6-1-3-7(4-2-6)10(12)13;/h1-4,8,11H,5,9H2;1H. The van der Waals surface area contributed by atoms with Crippen LogP contribution in [0.15, 0.2) is 24.3 Å². The number of rotatable bonds is 3. The summed E-state index contributed by atoms with van der Waals surface area (Å²) in [4.78, 5) is 9.78. The molecule has 0 aromatic heterocycles. The van der Waals surface area contributed by atoms with Crippen LogP contribution in [-0.2, 0) is 0 Å². The molecule has 0 amide bonds. The molecule has 1 aromatic rings. The van der Waals surface area contributed by atoms with E-state index in [2.05, 4.69) is 0 Å². The minimum atomic E-state index is -0.749. The number of halogens is 1. The van der Waals surface area contributed by atoms with Crippen molar-refractivity contribution in [2.45, 2.75) is 6.10 Å². The van der Waals surface area contributed by atoms with Gasteiger partial charge in [-0.25, -0.2) is 0 Å². The zero-order valence-electron chi connectivity index (χ0n) is 7.29. The van der Waals surface area contributed by atoms with Crippen LogP contribution in [0.2, 0.25) is 0 Å². The minimum Gasteiger partial charge on any atom is -0.387 e. The Hall–Kier alpha value is -1.17. The fourth-order valence-electron chi connectivity index (χ4n) is 0.954. The highest BCUT2D eigenvalue weighted by Crippen LogP contribution is 2.16. The monoisotopic (exact) mass is 218 g/mol. The summed E-state index contributed by atoms with van der Waals surface area (Å²) >= 11 is 0. The van der Waals surface area contributed by atoms with Gasteiger partial charge in [0.15, 0.2) is 0 Å². The molecular formula is C8H11ClN2O3. The maximum atomic E-state index is 10.3. The van der Waals surface area contributed by atoms with Crippen LogP contribution in [0.1, 0.15) is 11.7 Å². The van der Waals surface area contributed by atoms with Crippen LogP contribution in [0.25, 0.3) is 0 Å². The normalized spacial score (nSPS) is 11.6. The van der Waals surface area contributed by atoms with Crippen molar-refractivity contribution in [3.05, 3.63) is 39.9 Å². The lowest BCUT2D eigenvalue weighted by Crippen LogP contribution is -2.11. The van der Waals surface area contributed by atoms with Crippen LogP contribution < -0.4 is 5.73 Å². The second kappa shape index (κ2) is 5.54. The molecule has 0 aliphatic carbocycles. The second-order valence-electron chi connectivity index (χ2n) is 2.60. The van der Waals surface area contributed by atoms with E-state index in [1.165, 1.54) is 24.3 Å². The molecule has 0 radical (unpaired) electrons. The van der Waals surface area contributed by atoms with Gasteiger partial charge in [0.1, 0.15) is 0 Å². The van der Waals surface area contributed by atoms with E-state index in [1.807, 2.05) is 0 Å². The van der Waals surface area contributed by atoms with Crippen molar-refractivity contribution in [2.24, 2.45) is 5.73 Å². The van der Waals surface area contributed by atoms with Crippen LogP contribution >= 0.6 is 12.4 Å². The number of nitro benzene ring substituents is 1. The van der Waals surface area contributed by atoms with Crippen molar-refractivity contribution in [1.29, 1.82) is 0 Å². The van der Waals surface area contributed by atoms with Gasteiger partial charge in [0.05, 0.1) is 11.0 Å². The lowest BCUT2D eigenvalue weighted by molar-refractivity contribution is -0.384. The maximum absolute atomic E-state index is 10.3. The van der Waals surface area contributed by atoms with E-state index in [0.29, 0.717) is 5.56 Å². The maximum Gasteiger partial charge on any atom is 0.269 e. The van der Waals surface area contributed by atoms with E-state index in [9.17, 15) is 15.2 Å². The van der Waals surface area contributed by atoms with Crippen LogP contribution in [0.4, 0.5) is 5.69 Å². The van der Waals surface area contributed by atoms with Crippen LogP contribution in [-0.4, -0.2) is 16.6 Å². The molecule has 0 heterocycles. The summed E-state index contributed by atoms with van der Waals surface area (Å²) in [5.74, 6) is 0. The number of nitro groups is 1. The Morgan fingerprint density at radius 1 is 1.43 bits per heavy atom. The number of aliphatic hydroxyl groups excluding tert-OH is 1. The summed E-state index contributed by atoms with van der Waals surface area (Å²) in [5, 5.41) is 19.5. The van der Waals surface area contributed by atoms with Gasteiger partial charge in [-0.05, 0) is 17.7 Å². The molecule has 0 spiro atoms. The van der Waals surface area contributed by atoms with Crippen LogP contribution in [0.5, 0.6) is 0 Å². The average Bonchev–Trinajstić information content (AvgIpc) is 2.17. The first-order chi connectivity index (χ1) is 6.15. The zero-order valence-corrected chi connectivity index (χ0v) is 8.11. The number of benzene rings is 1. The topological polar surface area (TPSA) is 89.4 Å². The molecule has 78 valence electrons. The molecule has 1 unspecified atom stereocenters. The average molecular weight is 219 g/mol. The van der Waals surface area contributed by atoms with Crippen molar-refractivity contribution in [1.82, 2.24) is 0 Å². The quantitative estimate of drug-likeness (QED) is 0.585. The van der Waals surface area contributed by atoms with E-state index in [4.69, 9.17) is 5.73 Å². The molecule has 3 N–H and O–H groups in total. The molecule has 1 aromatic carbocycles. The third-order valence-electron chi connectivity index (χ3n) is 1.71. The van der Waals surface area contributed by atoms with Crippen LogP contribution in [0, 0.1) is 10.1 Å². The Morgan fingerprint density at radius 2 is 1.93 bits per heavy atom. The van der Waals surface area contributed by atoms with Gasteiger partial charge in [0.25, 0.3) is 5.69 Å². The third-order valence-corrected chi connectivity index (χ3v) is 1.71. The Kier molecular flexibility index (Phi) is 5.07. The van der Waals surface area contributed by atoms with Gasteiger partial charge in [-0.3, -0.25) is 10.1 Å². The molecule has 1 atom stereocenters. The number of nitrogens with zero attached hydrogens (tertiary/aromatic N) is 1. The van der Waals surface area contributed by atoms with Gasteiger partial charge < -0.3 is 10.8 Å². The van der Waals surface area contributed by atoms with E-state index in [0.717, 1.165) is 0 Å². The Bertz CT molecular complexity index is 302. The Labute approximate surface area is 87.1 Å². The van der Waals surface area contributed by atoms with E-state index in [1.54, 1.807) is 0 Å². The third kappa shape index (κ3) is 2.95. The smallest absolute Gasteiger partial charge is 0.269 e. The zero-order chi connectivity index (χ0) is 9.84. The summed E-state index contributed by atoms with van der Waals surface area (Å²) < 4.78 is 0. The summed E-state index contributed by atoms with van der Waals surface area (Å²) in [5.41, 5.74) is 5.82. The van der Waals surface area contributed by atoms with Crippen molar-refractivity contribution < 1.29 is 10.0 Å². The molecular weight excluding hydrogens is 208 g/mol. The SMILES string of the molecule is Cl.NCC(O)c1ccc([N+](=O)[O-])cc1. The number of hydrogen-bond acceptors (Lipinski definition) is 4. The predicted octanol–water partition coefficient (Wildman–Crippen LogP) is 1.01. The number of nitrogens with two attached hydrogens (primary N) is 1. The summed E-state index contributed by atoms with van der Waals surface area (Å²) in [6.45, 7) is 0.109. The van der Waals surface area contributed by atoms with Gasteiger partial charge in [0.2, 0.25) is 0 Å². The molecule has 0 aliphatic heterocycles. The molecule has 0 saturated carbocycles. The fourth-order valence-corrected chi connectivity index (χ4v) is 0.954. The largest absolute Gasteiger partial charge is 0.387 e. The van der Waals surface area contributed by atoms with Crippen molar-refractivity contribution in [2.75, 3.05) is 6.54 Å². The molecule has 0 fully saturated rings. The summed E-state index contributed by atoms with van der Waals surface area (Å²) in [7, 11) is 0. The van der Waals surface area contributed by atoms with Gasteiger partial charge in [-0.15, -0.1) is 12.4 Å². The highest BCUT2D eigenvalue weighted by Gasteiger charge is 2.08. The van der Waals surface area contributed by atoms with Crippen molar-refractivity contribution in [3.8, 4) is 0 Å². The number of aliphatic hydroxyl groups is 1. The summed E-state index contributed by atoms with van der Waals surface area (Å²) in [6, 6.07) is 5.67. The first-order valence-electron chi connectivity index (χ1n) is 3.77. The van der Waals surface area contributed by atoms with Gasteiger partial charge in [0, 0.05) is 18.7 Å². The first kappa shape index (κ1) is 12.8. The lowest BCUT2D eigenvalue weighted by atomic mass is 10.1. The number of non-ortho nitro benzene ring substituents is 1.